The van der Waals surface area contributed by atoms with E-state index in [1.54, 1.807) is 13.0 Å². The normalized spacial score (nSPS) is 11.4. The van der Waals surface area contributed by atoms with E-state index in [2.05, 4.69) is 10.3 Å². The number of halogens is 3. The smallest absolute Gasteiger partial charge is 0.397 e. The molecule has 0 spiro atoms. The number of nitrogens with two attached hydrogens (primary N) is 1. The van der Waals surface area contributed by atoms with Crippen LogP contribution in [0.5, 0.6) is 0 Å². The zero-order chi connectivity index (χ0) is 14.0. The summed E-state index contributed by atoms with van der Waals surface area (Å²) in [6, 6.07) is 6.91. The SMILES string of the molecule is Cc1cc(N)cnc1Nc1ccccc1C(F)(F)F. The molecule has 0 radical (unpaired) electrons. The maximum Gasteiger partial charge on any atom is 0.418 e. The molecule has 3 nitrogen and oxygen atoms in total. The molecule has 1 aromatic carbocycles. The average molecular weight is 267 g/mol. The minimum Gasteiger partial charge on any atom is -0.397 e. The summed E-state index contributed by atoms with van der Waals surface area (Å²) >= 11 is 0. The highest BCUT2D eigenvalue weighted by atomic mass is 19.4. The van der Waals surface area contributed by atoms with Crippen LogP contribution in [0.1, 0.15) is 11.1 Å². The zero-order valence-corrected chi connectivity index (χ0v) is 10.1. The molecule has 0 aliphatic rings. The molecule has 2 aromatic rings. The number of pyridine rings is 1. The van der Waals surface area contributed by atoms with Crippen molar-refractivity contribution in [2.24, 2.45) is 0 Å². The Morgan fingerprint density at radius 1 is 1.21 bits per heavy atom. The third kappa shape index (κ3) is 2.96. The third-order valence-electron chi connectivity index (χ3n) is 2.58. The molecule has 0 aliphatic carbocycles. The van der Waals surface area contributed by atoms with E-state index in [1.807, 2.05) is 0 Å². The monoisotopic (exact) mass is 267 g/mol. The van der Waals surface area contributed by atoms with Crippen LogP contribution in [0, 0.1) is 6.92 Å². The maximum absolute atomic E-state index is 12.8. The molecule has 0 saturated carbocycles. The van der Waals surface area contributed by atoms with E-state index in [-0.39, 0.29) is 5.69 Å². The molecule has 0 unspecified atom stereocenters. The van der Waals surface area contributed by atoms with E-state index in [9.17, 15) is 13.2 Å². The summed E-state index contributed by atoms with van der Waals surface area (Å²) in [7, 11) is 0. The molecule has 100 valence electrons. The molecule has 3 N–H and O–H groups in total. The van der Waals surface area contributed by atoms with Crippen molar-refractivity contribution in [2.75, 3.05) is 11.1 Å². The van der Waals surface area contributed by atoms with Gasteiger partial charge in [0, 0.05) is 0 Å². The van der Waals surface area contributed by atoms with E-state index in [1.165, 1.54) is 24.4 Å². The lowest BCUT2D eigenvalue weighted by Crippen LogP contribution is -2.09. The van der Waals surface area contributed by atoms with Gasteiger partial charge in [0.05, 0.1) is 23.1 Å². The predicted octanol–water partition coefficient (Wildman–Crippen LogP) is 3.73. The third-order valence-corrected chi connectivity index (χ3v) is 2.58. The highest BCUT2D eigenvalue weighted by Gasteiger charge is 2.33. The number of anilines is 3. The maximum atomic E-state index is 12.8. The summed E-state index contributed by atoms with van der Waals surface area (Å²) in [6.45, 7) is 1.72. The van der Waals surface area contributed by atoms with Crippen molar-refractivity contribution in [3.05, 3.63) is 47.7 Å². The number of rotatable bonds is 2. The van der Waals surface area contributed by atoms with Crippen LogP contribution in [0.4, 0.5) is 30.4 Å². The lowest BCUT2D eigenvalue weighted by atomic mass is 10.1. The Bertz CT molecular complexity index is 594. The van der Waals surface area contributed by atoms with Crippen LogP contribution >= 0.6 is 0 Å². The largest absolute Gasteiger partial charge is 0.418 e. The zero-order valence-electron chi connectivity index (χ0n) is 10.1. The van der Waals surface area contributed by atoms with Crippen molar-refractivity contribution in [3.63, 3.8) is 0 Å². The average Bonchev–Trinajstić information content (AvgIpc) is 2.32. The quantitative estimate of drug-likeness (QED) is 0.871. The number of aromatic nitrogens is 1. The number of para-hydroxylation sites is 1. The first-order valence-electron chi connectivity index (χ1n) is 5.53. The second kappa shape index (κ2) is 4.79. The fraction of sp³-hybridized carbons (Fsp3) is 0.154. The molecule has 2 rings (SSSR count). The summed E-state index contributed by atoms with van der Waals surface area (Å²) in [5, 5.41) is 2.69. The van der Waals surface area contributed by atoms with Crippen LogP contribution in [0.15, 0.2) is 36.5 Å². The van der Waals surface area contributed by atoms with Crippen LogP contribution in [-0.4, -0.2) is 4.98 Å². The molecule has 0 bridgehead atoms. The summed E-state index contributed by atoms with van der Waals surface area (Å²) in [4.78, 5) is 3.99. The number of benzene rings is 1. The fourth-order valence-electron chi connectivity index (χ4n) is 1.69. The molecule has 0 aliphatic heterocycles. The number of nitrogens with zero attached hydrogens (tertiary/aromatic N) is 1. The second-order valence-corrected chi connectivity index (χ2v) is 4.10. The first kappa shape index (κ1) is 13.2. The summed E-state index contributed by atoms with van der Waals surface area (Å²) < 4.78 is 38.5. The minimum absolute atomic E-state index is 0.0321. The van der Waals surface area contributed by atoms with Crippen LogP contribution in [-0.2, 0) is 6.18 Å². The van der Waals surface area contributed by atoms with Gasteiger partial charge in [-0.2, -0.15) is 13.2 Å². The van der Waals surface area contributed by atoms with E-state index < -0.39 is 11.7 Å². The molecular formula is C13H12F3N3. The van der Waals surface area contributed by atoms with Gasteiger partial charge < -0.3 is 11.1 Å². The van der Waals surface area contributed by atoms with Crippen LogP contribution in [0.2, 0.25) is 0 Å². The first-order valence-corrected chi connectivity index (χ1v) is 5.53. The van der Waals surface area contributed by atoms with E-state index in [4.69, 9.17) is 5.73 Å². The van der Waals surface area contributed by atoms with Crippen molar-refractivity contribution in [2.45, 2.75) is 13.1 Å². The van der Waals surface area contributed by atoms with Crippen LogP contribution in [0.25, 0.3) is 0 Å². The standard InChI is InChI=1S/C13H12F3N3/c1-8-6-9(17)7-18-12(8)19-11-5-3-2-4-10(11)13(14,15)16/h2-7H,17H2,1H3,(H,18,19). The molecule has 0 fully saturated rings. The van der Waals surface area contributed by atoms with Gasteiger partial charge in [0.1, 0.15) is 5.82 Å². The number of nitrogen functional groups attached to an aromatic ring is 1. The van der Waals surface area contributed by atoms with Gasteiger partial charge in [-0.15, -0.1) is 0 Å². The van der Waals surface area contributed by atoms with Crippen molar-refractivity contribution in [1.29, 1.82) is 0 Å². The Morgan fingerprint density at radius 2 is 1.89 bits per heavy atom. The highest BCUT2D eigenvalue weighted by Crippen LogP contribution is 2.35. The van der Waals surface area contributed by atoms with Crippen LogP contribution in [0.3, 0.4) is 0 Å². The lowest BCUT2D eigenvalue weighted by Gasteiger charge is -2.15. The molecule has 1 aromatic heterocycles. The Balaban J connectivity index is 2.39. The van der Waals surface area contributed by atoms with Gasteiger partial charge in [0.2, 0.25) is 0 Å². The summed E-state index contributed by atoms with van der Waals surface area (Å²) in [5.74, 6) is 0.353. The van der Waals surface area contributed by atoms with Gasteiger partial charge in [-0.3, -0.25) is 0 Å². The Labute approximate surface area is 108 Å². The number of hydrogen-bond acceptors (Lipinski definition) is 3. The van der Waals surface area contributed by atoms with Gasteiger partial charge in [-0.25, -0.2) is 4.98 Å². The van der Waals surface area contributed by atoms with Gasteiger partial charge in [0.15, 0.2) is 0 Å². The molecule has 19 heavy (non-hydrogen) atoms. The van der Waals surface area contributed by atoms with Crippen LogP contribution < -0.4 is 11.1 Å². The topological polar surface area (TPSA) is 50.9 Å². The van der Waals surface area contributed by atoms with Crippen molar-refractivity contribution >= 4 is 17.2 Å². The van der Waals surface area contributed by atoms with E-state index in [0.717, 1.165) is 6.07 Å². The van der Waals surface area contributed by atoms with Gasteiger partial charge in [0.25, 0.3) is 0 Å². The number of alkyl halides is 3. The lowest BCUT2D eigenvalue weighted by molar-refractivity contribution is -0.136. The van der Waals surface area contributed by atoms with E-state index >= 15 is 0 Å². The minimum atomic E-state index is -4.41. The molecule has 0 amide bonds. The van der Waals surface area contributed by atoms with E-state index in [0.29, 0.717) is 17.1 Å². The molecular weight excluding hydrogens is 255 g/mol. The fourth-order valence-corrected chi connectivity index (χ4v) is 1.69. The van der Waals surface area contributed by atoms with Crippen molar-refractivity contribution in [3.8, 4) is 0 Å². The van der Waals surface area contributed by atoms with Crippen molar-refractivity contribution in [1.82, 2.24) is 4.98 Å². The summed E-state index contributed by atoms with van der Waals surface area (Å²) in [5.41, 5.74) is 5.93. The Hall–Kier alpha value is -2.24. The number of aryl methyl sites for hydroxylation is 1. The molecule has 1 heterocycles. The second-order valence-electron chi connectivity index (χ2n) is 4.10. The summed E-state index contributed by atoms with van der Waals surface area (Å²) in [6.07, 6.45) is -3.02. The van der Waals surface area contributed by atoms with Gasteiger partial charge in [-0.05, 0) is 30.7 Å². The molecule has 6 heteroatoms. The first-order chi connectivity index (χ1) is 8.88. The predicted molar refractivity (Wildman–Crippen MR) is 68.1 cm³/mol. The van der Waals surface area contributed by atoms with Gasteiger partial charge >= 0.3 is 6.18 Å². The number of nitrogens with one attached hydrogen (secondary N) is 1. The number of hydrogen-bond donors (Lipinski definition) is 2. The van der Waals surface area contributed by atoms with Crippen molar-refractivity contribution < 1.29 is 13.2 Å². The highest BCUT2D eigenvalue weighted by molar-refractivity contribution is 5.64. The molecule has 0 saturated heterocycles. The Morgan fingerprint density at radius 3 is 2.53 bits per heavy atom. The molecule has 0 atom stereocenters. The van der Waals surface area contributed by atoms with Gasteiger partial charge in [-0.1, -0.05) is 12.1 Å². The Kier molecular flexibility index (Phi) is 3.33.